The van der Waals surface area contributed by atoms with Crippen molar-refractivity contribution in [2.24, 2.45) is 0 Å². The number of dihydropyridines is 1. The number of ether oxygens (including phenoxy) is 1. The van der Waals surface area contributed by atoms with Crippen molar-refractivity contribution < 1.29 is 19.4 Å². The molecule has 0 amide bonds. The quantitative estimate of drug-likeness (QED) is 0.508. The van der Waals surface area contributed by atoms with E-state index in [0.29, 0.717) is 34.8 Å². The zero-order chi connectivity index (χ0) is 21.7. The summed E-state index contributed by atoms with van der Waals surface area (Å²) in [7, 11) is 0. The van der Waals surface area contributed by atoms with Gasteiger partial charge in [-0.1, -0.05) is 35.9 Å². The topological polar surface area (TPSA) is 88.5 Å². The Morgan fingerprint density at radius 1 is 1.10 bits per heavy atom. The third-order valence-corrected chi connectivity index (χ3v) is 5.31. The molecule has 1 aromatic carbocycles. The molecule has 2 heterocycles. The van der Waals surface area contributed by atoms with Crippen molar-refractivity contribution in [3.63, 3.8) is 0 Å². The van der Waals surface area contributed by atoms with E-state index < -0.39 is 17.9 Å². The van der Waals surface area contributed by atoms with E-state index in [2.05, 4.69) is 10.3 Å². The van der Waals surface area contributed by atoms with Crippen LogP contribution in [0.4, 0.5) is 0 Å². The fourth-order valence-electron chi connectivity index (χ4n) is 3.61. The maximum absolute atomic E-state index is 13.0. The molecule has 0 spiro atoms. The number of pyridine rings is 1. The average molecular weight is 427 g/mol. The predicted molar refractivity (Wildman–Crippen MR) is 114 cm³/mol. The van der Waals surface area contributed by atoms with E-state index in [4.69, 9.17) is 16.3 Å². The van der Waals surface area contributed by atoms with E-state index >= 15 is 0 Å². The highest BCUT2D eigenvalue weighted by Crippen LogP contribution is 2.41. The Morgan fingerprint density at radius 3 is 2.47 bits per heavy atom. The number of esters is 1. The number of carboxylic acid groups (broad SMARTS) is 1. The van der Waals surface area contributed by atoms with Gasteiger partial charge in [0.25, 0.3) is 0 Å². The third-order valence-electron chi connectivity index (χ3n) is 4.96. The third kappa shape index (κ3) is 4.71. The molecule has 2 aromatic rings. The van der Waals surface area contributed by atoms with Gasteiger partial charge in [-0.15, -0.1) is 0 Å². The van der Waals surface area contributed by atoms with Gasteiger partial charge in [0.15, 0.2) is 0 Å². The number of aryl methyl sites for hydroxylation is 1. The number of carbonyl (C=O) groups excluding carboxylic acids is 1. The van der Waals surface area contributed by atoms with Crippen LogP contribution in [-0.2, 0) is 20.7 Å². The van der Waals surface area contributed by atoms with Crippen molar-refractivity contribution in [1.82, 2.24) is 10.3 Å². The summed E-state index contributed by atoms with van der Waals surface area (Å²) in [6.07, 6.45) is 3.01. The Kier molecular flexibility index (Phi) is 6.90. The van der Waals surface area contributed by atoms with Crippen molar-refractivity contribution in [1.29, 1.82) is 0 Å². The van der Waals surface area contributed by atoms with E-state index in [9.17, 15) is 14.7 Å². The number of rotatable bonds is 7. The van der Waals surface area contributed by atoms with Crippen LogP contribution in [0.1, 0.15) is 37.4 Å². The Balaban J connectivity index is 1.83. The highest BCUT2D eigenvalue weighted by molar-refractivity contribution is 6.31. The molecule has 1 aromatic heterocycles. The summed E-state index contributed by atoms with van der Waals surface area (Å²) in [5.74, 6) is -2.49. The minimum Gasteiger partial charge on any atom is -0.478 e. The number of nitrogens with zero attached hydrogens (tertiary/aromatic N) is 1. The van der Waals surface area contributed by atoms with Gasteiger partial charge in [-0.3, -0.25) is 4.98 Å². The lowest BCUT2D eigenvalue weighted by Crippen LogP contribution is -2.32. The van der Waals surface area contributed by atoms with Gasteiger partial charge in [-0.05, 0) is 50.5 Å². The van der Waals surface area contributed by atoms with Crippen LogP contribution in [0.2, 0.25) is 5.02 Å². The zero-order valence-electron chi connectivity index (χ0n) is 16.8. The number of hydrogen-bond donors (Lipinski definition) is 2. The lowest BCUT2D eigenvalue weighted by molar-refractivity contribution is -0.139. The van der Waals surface area contributed by atoms with E-state index in [1.165, 1.54) is 0 Å². The number of benzene rings is 1. The summed E-state index contributed by atoms with van der Waals surface area (Å²) in [4.78, 5) is 29.3. The van der Waals surface area contributed by atoms with E-state index in [1.54, 1.807) is 44.3 Å². The zero-order valence-corrected chi connectivity index (χ0v) is 17.6. The monoisotopic (exact) mass is 426 g/mol. The molecular weight excluding hydrogens is 404 g/mol. The van der Waals surface area contributed by atoms with Crippen LogP contribution >= 0.6 is 11.6 Å². The van der Waals surface area contributed by atoms with Crippen molar-refractivity contribution in [2.75, 3.05) is 6.61 Å². The Hall–Kier alpha value is -3.12. The summed E-state index contributed by atoms with van der Waals surface area (Å²) < 4.78 is 5.51. The summed E-state index contributed by atoms with van der Waals surface area (Å²) in [5.41, 5.74) is 2.83. The van der Waals surface area contributed by atoms with Crippen LogP contribution in [0.25, 0.3) is 0 Å². The molecule has 156 valence electrons. The highest BCUT2D eigenvalue weighted by atomic mass is 35.5. The molecule has 0 saturated carbocycles. The van der Waals surface area contributed by atoms with Gasteiger partial charge in [0.05, 0.1) is 23.7 Å². The van der Waals surface area contributed by atoms with Gasteiger partial charge in [0, 0.05) is 28.3 Å². The van der Waals surface area contributed by atoms with Crippen molar-refractivity contribution in [2.45, 2.75) is 32.6 Å². The molecule has 6 nitrogen and oxygen atoms in total. The second kappa shape index (κ2) is 9.59. The number of aromatic nitrogens is 1. The van der Waals surface area contributed by atoms with Crippen molar-refractivity contribution in [3.05, 3.63) is 87.5 Å². The summed E-state index contributed by atoms with van der Waals surface area (Å²) in [6.45, 7) is 3.61. The first-order valence-electron chi connectivity index (χ1n) is 9.63. The Bertz CT molecular complexity index is 1010. The first-order chi connectivity index (χ1) is 14.4. The molecule has 0 bridgehead atoms. The summed E-state index contributed by atoms with van der Waals surface area (Å²) >= 11 is 6.37. The molecular formula is C23H23ClN2O4. The van der Waals surface area contributed by atoms with Gasteiger partial charge in [-0.2, -0.15) is 0 Å². The number of allylic oxidation sites excluding steroid dienone is 2. The number of carboxylic acids is 1. The van der Waals surface area contributed by atoms with Crippen LogP contribution in [-0.4, -0.2) is 28.6 Å². The normalized spacial score (nSPS) is 16.3. The van der Waals surface area contributed by atoms with E-state index in [-0.39, 0.29) is 17.8 Å². The molecule has 1 aliphatic heterocycles. The molecule has 1 aliphatic rings. The van der Waals surface area contributed by atoms with Crippen LogP contribution in [0.3, 0.4) is 0 Å². The fourth-order valence-corrected chi connectivity index (χ4v) is 3.86. The van der Waals surface area contributed by atoms with Crippen molar-refractivity contribution >= 4 is 23.5 Å². The second-order valence-electron chi connectivity index (χ2n) is 7.02. The van der Waals surface area contributed by atoms with Crippen LogP contribution < -0.4 is 5.32 Å². The molecule has 1 unspecified atom stereocenters. The van der Waals surface area contributed by atoms with Gasteiger partial charge in [0.2, 0.25) is 0 Å². The number of nitrogens with one attached hydrogen (secondary N) is 1. The van der Waals surface area contributed by atoms with Gasteiger partial charge in [0.1, 0.15) is 0 Å². The van der Waals surface area contributed by atoms with Gasteiger partial charge < -0.3 is 15.2 Å². The number of halogens is 1. The van der Waals surface area contributed by atoms with E-state index in [1.807, 2.05) is 18.2 Å². The minimum absolute atomic E-state index is 0.0779. The number of aliphatic carboxylic acids is 1. The molecule has 1 atom stereocenters. The average Bonchev–Trinajstić information content (AvgIpc) is 2.71. The molecule has 0 saturated heterocycles. The molecule has 0 radical (unpaired) electrons. The maximum Gasteiger partial charge on any atom is 0.336 e. The molecule has 0 aliphatic carbocycles. The predicted octanol–water partition coefficient (Wildman–Crippen LogP) is 4.23. The van der Waals surface area contributed by atoms with Gasteiger partial charge >= 0.3 is 11.9 Å². The van der Waals surface area contributed by atoms with Gasteiger partial charge in [-0.25, -0.2) is 9.59 Å². The fraction of sp³-hybridized carbons (Fsp3) is 0.261. The second-order valence-corrected chi connectivity index (χ2v) is 7.43. The summed E-state index contributed by atoms with van der Waals surface area (Å²) in [6, 6.07) is 12.6. The molecule has 30 heavy (non-hydrogen) atoms. The van der Waals surface area contributed by atoms with Crippen LogP contribution in [0.15, 0.2) is 71.2 Å². The number of hydrogen-bond acceptors (Lipinski definition) is 5. The van der Waals surface area contributed by atoms with Crippen LogP contribution in [0.5, 0.6) is 0 Å². The maximum atomic E-state index is 13.0. The number of carbonyl (C=O) groups is 2. The SMILES string of the molecule is CC1=C(C(=O)O)C(c2ccccc2Cl)C(C(=O)OCCCc2ccccn2)=C(C)N1. The first-order valence-corrected chi connectivity index (χ1v) is 10.0. The first kappa shape index (κ1) is 21.6. The Morgan fingerprint density at radius 2 is 1.80 bits per heavy atom. The molecule has 3 rings (SSSR count). The van der Waals surface area contributed by atoms with Crippen molar-refractivity contribution in [3.8, 4) is 0 Å². The smallest absolute Gasteiger partial charge is 0.336 e. The Labute approximate surface area is 180 Å². The molecule has 2 N–H and O–H groups in total. The molecule has 0 fully saturated rings. The lowest BCUT2D eigenvalue weighted by atomic mass is 9.80. The highest BCUT2D eigenvalue weighted by Gasteiger charge is 2.38. The van der Waals surface area contributed by atoms with Crippen LogP contribution in [0, 0.1) is 0 Å². The minimum atomic E-state index is -1.11. The summed E-state index contributed by atoms with van der Waals surface area (Å²) in [5, 5.41) is 13.2. The van der Waals surface area contributed by atoms with E-state index in [0.717, 1.165) is 5.69 Å². The largest absolute Gasteiger partial charge is 0.478 e. The standard InChI is InChI=1S/C23H23ClN2O4/c1-14-19(22(27)28)21(17-10-3-4-11-18(17)24)20(15(2)26-14)23(29)30-13-7-9-16-8-5-6-12-25-16/h3-6,8,10-12,21,26H,7,9,13H2,1-2H3,(H,27,28). The lowest BCUT2D eigenvalue weighted by Gasteiger charge is -2.30. The molecule has 7 heteroatoms.